The topological polar surface area (TPSA) is 62.6 Å². The number of halogens is 1. The van der Waals surface area contributed by atoms with Gasteiger partial charge < -0.3 is 27.9 Å². The standard InChI is InChI=1S/C20H23N3O2.ClH/c1-23-17(19(24)21-15-9-4-2-5-10-15)13-8-14-18(23)20(25)22-16-11-6-3-7-12-16;/h2-7,9-12,17-18H,8,13-14H2,1H3,(H,21,24)(H,22,25);1H/t17-,18-;/m1./s1. The summed E-state index contributed by atoms with van der Waals surface area (Å²) in [6.45, 7) is 0. The molecule has 2 aromatic rings. The van der Waals surface area contributed by atoms with Crippen molar-refractivity contribution in [3.05, 3.63) is 60.7 Å². The molecule has 0 radical (unpaired) electrons. The second kappa shape index (κ2) is 9.36. The third-order valence-electron chi connectivity index (χ3n) is 4.80. The van der Waals surface area contributed by atoms with E-state index >= 15 is 0 Å². The maximum Gasteiger partial charge on any atom is 0.282 e. The van der Waals surface area contributed by atoms with E-state index in [2.05, 4.69) is 10.6 Å². The Hall–Kier alpha value is -2.37. The van der Waals surface area contributed by atoms with Gasteiger partial charge in [-0.05, 0) is 30.7 Å². The third-order valence-corrected chi connectivity index (χ3v) is 4.80. The Bertz CT molecular complexity index is 663. The highest BCUT2D eigenvalue weighted by Crippen LogP contribution is 2.13. The second-order valence-electron chi connectivity index (χ2n) is 6.49. The first kappa shape index (κ1) is 19.9. The minimum absolute atomic E-state index is 0. The first-order valence-electron chi connectivity index (χ1n) is 8.70. The maximum absolute atomic E-state index is 12.6. The molecular weight excluding hydrogens is 350 g/mol. The first-order valence-corrected chi connectivity index (χ1v) is 8.70. The van der Waals surface area contributed by atoms with E-state index in [1.807, 2.05) is 67.7 Å². The van der Waals surface area contributed by atoms with Gasteiger partial charge in [-0.1, -0.05) is 36.4 Å². The molecule has 5 nitrogen and oxygen atoms in total. The van der Waals surface area contributed by atoms with Crippen LogP contribution in [0.25, 0.3) is 0 Å². The summed E-state index contributed by atoms with van der Waals surface area (Å²) in [4.78, 5) is 26.2. The van der Waals surface area contributed by atoms with Gasteiger partial charge in [0.05, 0.1) is 7.05 Å². The van der Waals surface area contributed by atoms with Crippen molar-refractivity contribution in [1.29, 1.82) is 0 Å². The quantitative estimate of drug-likeness (QED) is 0.624. The smallest absolute Gasteiger partial charge is 0.282 e. The fourth-order valence-electron chi connectivity index (χ4n) is 3.40. The molecule has 0 saturated carbocycles. The number of quaternary nitrogens is 1. The molecule has 0 unspecified atom stereocenters. The van der Waals surface area contributed by atoms with Crippen molar-refractivity contribution in [1.82, 2.24) is 0 Å². The summed E-state index contributed by atoms with van der Waals surface area (Å²) < 4.78 is 0. The molecule has 3 N–H and O–H groups in total. The molecule has 1 fully saturated rings. The average Bonchev–Trinajstić information content (AvgIpc) is 2.63. The lowest BCUT2D eigenvalue weighted by Crippen LogP contribution is -3.19. The van der Waals surface area contributed by atoms with Gasteiger partial charge >= 0.3 is 0 Å². The van der Waals surface area contributed by atoms with Gasteiger partial charge in [0, 0.05) is 24.2 Å². The fraction of sp³-hybridized carbons (Fsp3) is 0.300. The Kier molecular flexibility index (Phi) is 7.18. The first-order chi connectivity index (χ1) is 12.1. The van der Waals surface area contributed by atoms with Gasteiger partial charge in [0.15, 0.2) is 12.1 Å². The van der Waals surface area contributed by atoms with E-state index in [1.54, 1.807) is 0 Å². The van der Waals surface area contributed by atoms with Crippen molar-refractivity contribution in [2.45, 2.75) is 31.3 Å². The number of hydrogen-bond acceptors (Lipinski definition) is 2. The lowest BCUT2D eigenvalue weighted by molar-refractivity contribution is -0.917. The fourth-order valence-corrected chi connectivity index (χ4v) is 3.40. The number of nitrogens with one attached hydrogen (secondary N) is 3. The molecule has 1 heterocycles. The number of para-hydroxylation sites is 2. The van der Waals surface area contributed by atoms with Gasteiger partial charge in [-0.15, -0.1) is 0 Å². The zero-order valence-electron chi connectivity index (χ0n) is 14.7. The van der Waals surface area contributed by atoms with Gasteiger partial charge in [0.2, 0.25) is 0 Å². The van der Waals surface area contributed by atoms with Crippen LogP contribution in [0.3, 0.4) is 0 Å². The van der Waals surface area contributed by atoms with Crippen LogP contribution in [0.1, 0.15) is 19.3 Å². The van der Waals surface area contributed by atoms with Crippen LogP contribution in [0.15, 0.2) is 60.7 Å². The highest BCUT2D eigenvalue weighted by molar-refractivity contribution is 5.96. The summed E-state index contributed by atoms with van der Waals surface area (Å²) in [6.07, 6.45) is 2.45. The van der Waals surface area contributed by atoms with Crippen LogP contribution in [0.4, 0.5) is 11.4 Å². The normalized spacial score (nSPS) is 19.9. The zero-order valence-corrected chi connectivity index (χ0v) is 15.5. The number of carbonyl (C=O) groups excluding carboxylic acids is 2. The van der Waals surface area contributed by atoms with E-state index < -0.39 is 0 Å². The molecule has 0 spiro atoms. The van der Waals surface area contributed by atoms with Crippen molar-refractivity contribution in [3.63, 3.8) is 0 Å². The van der Waals surface area contributed by atoms with Gasteiger partial charge in [-0.25, -0.2) is 0 Å². The van der Waals surface area contributed by atoms with Crippen LogP contribution in [0.2, 0.25) is 0 Å². The Morgan fingerprint density at radius 1 is 0.808 bits per heavy atom. The number of likely N-dealkylation sites (tertiary alicyclic amines) is 1. The molecule has 2 amide bonds. The molecule has 0 aromatic heterocycles. The predicted molar refractivity (Wildman–Crippen MR) is 98.5 cm³/mol. The summed E-state index contributed by atoms with van der Waals surface area (Å²) in [6, 6.07) is 18.4. The van der Waals surface area contributed by atoms with Crippen LogP contribution in [0.5, 0.6) is 0 Å². The molecule has 1 aliphatic rings. The Labute approximate surface area is 160 Å². The molecule has 1 aliphatic heterocycles. The van der Waals surface area contributed by atoms with E-state index in [-0.39, 0.29) is 36.3 Å². The Morgan fingerprint density at radius 3 is 1.58 bits per heavy atom. The number of amides is 2. The molecule has 0 aliphatic carbocycles. The number of likely N-dealkylation sites (N-methyl/N-ethyl adjacent to an activating group) is 1. The number of carbonyl (C=O) groups is 2. The predicted octanol–water partition coefficient (Wildman–Crippen LogP) is -1.30. The van der Waals surface area contributed by atoms with E-state index in [1.165, 1.54) is 0 Å². The summed E-state index contributed by atoms with van der Waals surface area (Å²) in [5, 5.41) is 5.92. The summed E-state index contributed by atoms with van der Waals surface area (Å²) >= 11 is 0. The highest BCUT2D eigenvalue weighted by atomic mass is 35.5. The van der Waals surface area contributed by atoms with E-state index in [0.717, 1.165) is 35.5 Å². The minimum atomic E-state index is -0.222. The van der Waals surface area contributed by atoms with Crippen LogP contribution in [-0.2, 0) is 9.59 Å². The molecule has 1 saturated heterocycles. The maximum atomic E-state index is 12.6. The molecular formula is C20H24ClN3O2. The van der Waals surface area contributed by atoms with E-state index in [9.17, 15) is 9.59 Å². The number of rotatable bonds is 4. The van der Waals surface area contributed by atoms with Crippen molar-refractivity contribution in [2.75, 3.05) is 17.7 Å². The minimum Gasteiger partial charge on any atom is -1.00 e. The van der Waals surface area contributed by atoms with Crippen molar-refractivity contribution >= 4 is 23.2 Å². The van der Waals surface area contributed by atoms with Crippen LogP contribution < -0.4 is 27.9 Å². The zero-order chi connectivity index (χ0) is 17.6. The molecule has 0 bridgehead atoms. The Morgan fingerprint density at radius 2 is 1.19 bits per heavy atom. The largest absolute Gasteiger partial charge is 1.00 e. The van der Waals surface area contributed by atoms with Crippen molar-refractivity contribution < 1.29 is 26.9 Å². The lowest BCUT2D eigenvalue weighted by atomic mass is 9.95. The monoisotopic (exact) mass is 373 g/mol. The SMILES string of the molecule is C[NH+]1[C@@H](C(=O)Nc2ccccc2)CCC[C@@H]1C(=O)Nc1ccccc1.[Cl-]. The number of benzene rings is 2. The lowest BCUT2D eigenvalue weighted by Gasteiger charge is -2.34. The number of hydrogen-bond donors (Lipinski definition) is 3. The van der Waals surface area contributed by atoms with E-state index in [0.29, 0.717) is 0 Å². The number of anilines is 2. The van der Waals surface area contributed by atoms with Crippen molar-refractivity contribution in [2.24, 2.45) is 0 Å². The van der Waals surface area contributed by atoms with Gasteiger partial charge in [0.1, 0.15) is 0 Å². The molecule has 26 heavy (non-hydrogen) atoms. The molecule has 6 heteroatoms. The molecule has 3 rings (SSSR count). The number of piperidine rings is 1. The summed E-state index contributed by atoms with van der Waals surface area (Å²) in [7, 11) is 1.93. The van der Waals surface area contributed by atoms with E-state index in [4.69, 9.17) is 0 Å². The highest BCUT2D eigenvalue weighted by Gasteiger charge is 2.40. The molecule has 138 valence electrons. The van der Waals surface area contributed by atoms with Crippen LogP contribution in [0, 0.1) is 0 Å². The molecule has 2 atom stereocenters. The van der Waals surface area contributed by atoms with Gasteiger partial charge in [-0.3, -0.25) is 9.59 Å². The van der Waals surface area contributed by atoms with Gasteiger partial charge in [-0.2, -0.15) is 0 Å². The summed E-state index contributed by atoms with van der Waals surface area (Å²) in [5.74, 6) is -0.0539. The van der Waals surface area contributed by atoms with Crippen LogP contribution in [-0.4, -0.2) is 30.9 Å². The molecule has 2 aromatic carbocycles. The van der Waals surface area contributed by atoms with Crippen LogP contribution >= 0.6 is 0 Å². The Balaban J connectivity index is 0.00000243. The van der Waals surface area contributed by atoms with Gasteiger partial charge in [0.25, 0.3) is 11.8 Å². The average molecular weight is 374 g/mol. The summed E-state index contributed by atoms with van der Waals surface area (Å²) in [5.41, 5.74) is 1.58. The van der Waals surface area contributed by atoms with Crippen molar-refractivity contribution in [3.8, 4) is 0 Å². The third kappa shape index (κ3) is 4.84. The second-order valence-corrected chi connectivity index (χ2v) is 6.49.